The Kier molecular flexibility index (Phi) is 3.21. The fourth-order valence-electron chi connectivity index (χ4n) is 2.27. The van der Waals surface area contributed by atoms with Crippen molar-refractivity contribution >= 4 is 17.7 Å². The largest absolute Gasteiger partial charge is 0.351 e. The van der Waals surface area contributed by atoms with Crippen molar-refractivity contribution in [1.29, 1.82) is 5.41 Å². The molecule has 3 atom stereocenters. The number of rotatable bonds is 4. The molecule has 4 heteroatoms. The first kappa shape index (κ1) is 10.1. The summed E-state index contributed by atoms with van der Waals surface area (Å²) >= 11 is 2.07. The van der Waals surface area contributed by atoms with Gasteiger partial charge in [-0.25, -0.2) is 0 Å². The molecule has 2 fully saturated rings. The summed E-state index contributed by atoms with van der Waals surface area (Å²) in [5.74, 6) is 1.69. The van der Waals surface area contributed by atoms with Gasteiger partial charge in [-0.1, -0.05) is 26.2 Å². The van der Waals surface area contributed by atoms with Gasteiger partial charge in [0.2, 0.25) is 0 Å². The van der Waals surface area contributed by atoms with E-state index in [9.17, 15) is 0 Å². The fraction of sp³-hybridized carbons (Fsp3) is 0.900. The van der Waals surface area contributed by atoms with Crippen LogP contribution in [0.1, 0.15) is 32.6 Å². The maximum atomic E-state index is 7.52. The lowest BCUT2D eigenvalue weighted by molar-refractivity contribution is 0.515. The Balaban J connectivity index is 1.80. The molecule has 0 spiro atoms. The molecule has 0 bridgehead atoms. The van der Waals surface area contributed by atoms with Gasteiger partial charge in [-0.15, -0.1) is 0 Å². The lowest BCUT2D eigenvalue weighted by Crippen LogP contribution is -2.36. The molecular formula is C10H19N3S. The second-order valence-electron chi connectivity index (χ2n) is 4.16. The summed E-state index contributed by atoms with van der Waals surface area (Å²) in [6.45, 7) is 2.25. The average molecular weight is 213 g/mol. The van der Waals surface area contributed by atoms with Crippen molar-refractivity contribution in [1.82, 2.24) is 10.6 Å². The Morgan fingerprint density at radius 2 is 2.29 bits per heavy atom. The summed E-state index contributed by atoms with van der Waals surface area (Å²) < 4.78 is 0. The highest BCUT2D eigenvalue weighted by atomic mass is 32.2. The van der Waals surface area contributed by atoms with E-state index in [1.807, 2.05) is 0 Å². The SMILES string of the molecule is CCCCCC1SC[C@@H]2NC(=N)N[C@H]12. The van der Waals surface area contributed by atoms with Gasteiger partial charge < -0.3 is 10.6 Å². The smallest absolute Gasteiger partial charge is 0.189 e. The molecular weight excluding hydrogens is 194 g/mol. The maximum absolute atomic E-state index is 7.52. The minimum absolute atomic E-state index is 0.513. The van der Waals surface area contributed by atoms with Crippen molar-refractivity contribution in [2.24, 2.45) is 0 Å². The number of fused-ring (bicyclic) bond motifs is 1. The van der Waals surface area contributed by atoms with Crippen LogP contribution in [0.2, 0.25) is 0 Å². The highest BCUT2D eigenvalue weighted by Crippen LogP contribution is 2.32. The van der Waals surface area contributed by atoms with Crippen LogP contribution >= 0.6 is 11.8 Å². The first-order valence-electron chi connectivity index (χ1n) is 5.54. The third-order valence-corrected chi connectivity index (χ3v) is 4.57. The summed E-state index contributed by atoms with van der Waals surface area (Å²) in [4.78, 5) is 0. The van der Waals surface area contributed by atoms with E-state index in [2.05, 4.69) is 29.3 Å². The van der Waals surface area contributed by atoms with Gasteiger partial charge in [0.1, 0.15) is 0 Å². The quantitative estimate of drug-likeness (QED) is 0.621. The number of hydrogen-bond donors (Lipinski definition) is 3. The molecule has 2 aliphatic heterocycles. The Morgan fingerprint density at radius 1 is 1.43 bits per heavy atom. The van der Waals surface area contributed by atoms with E-state index in [1.54, 1.807) is 0 Å². The molecule has 0 radical (unpaired) electrons. The summed E-state index contributed by atoms with van der Waals surface area (Å²) in [5.41, 5.74) is 0. The van der Waals surface area contributed by atoms with Gasteiger partial charge in [0, 0.05) is 11.0 Å². The zero-order valence-electron chi connectivity index (χ0n) is 8.68. The molecule has 0 amide bonds. The molecule has 3 N–H and O–H groups in total. The molecule has 80 valence electrons. The molecule has 3 nitrogen and oxygen atoms in total. The van der Waals surface area contributed by atoms with Gasteiger partial charge in [-0.3, -0.25) is 5.41 Å². The average Bonchev–Trinajstić information content (AvgIpc) is 2.66. The second-order valence-corrected chi connectivity index (χ2v) is 5.44. The van der Waals surface area contributed by atoms with Crippen LogP contribution in [0.15, 0.2) is 0 Å². The van der Waals surface area contributed by atoms with Crippen LogP contribution in [-0.4, -0.2) is 29.0 Å². The minimum Gasteiger partial charge on any atom is -0.351 e. The number of guanidine groups is 1. The summed E-state index contributed by atoms with van der Waals surface area (Å²) in [6.07, 6.45) is 5.29. The van der Waals surface area contributed by atoms with Gasteiger partial charge in [-0.05, 0) is 6.42 Å². The lowest BCUT2D eigenvalue weighted by atomic mass is 10.0. The van der Waals surface area contributed by atoms with E-state index in [0.717, 1.165) is 11.0 Å². The normalized spacial score (nSPS) is 35.2. The van der Waals surface area contributed by atoms with Crippen molar-refractivity contribution in [3.63, 3.8) is 0 Å². The number of nitrogens with one attached hydrogen (secondary N) is 3. The highest BCUT2D eigenvalue weighted by molar-refractivity contribution is 8.00. The first-order valence-corrected chi connectivity index (χ1v) is 6.59. The van der Waals surface area contributed by atoms with Crippen LogP contribution in [0.25, 0.3) is 0 Å². The zero-order valence-corrected chi connectivity index (χ0v) is 9.49. The lowest BCUT2D eigenvalue weighted by Gasteiger charge is -2.16. The monoisotopic (exact) mass is 213 g/mol. The summed E-state index contributed by atoms with van der Waals surface area (Å²) in [5, 5.41) is 14.7. The van der Waals surface area contributed by atoms with Gasteiger partial charge >= 0.3 is 0 Å². The Labute approximate surface area is 89.9 Å². The van der Waals surface area contributed by atoms with Crippen LogP contribution in [0, 0.1) is 5.41 Å². The molecule has 2 aliphatic rings. The molecule has 1 unspecified atom stereocenters. The Bertz CT molecular complexity index is 219. The van der Waals surface area contributed by atoms with Crippen molar-refractivity contribution in [3.05, 3.63) is 0 Å². The van der Waals surface area contributed by atoms with Crippen molar-refractivity contribution in [2.75, 3.05) is 5.75 Å². The first-order chi connectivity index (χ1) is 6.81. The fourth-order valence-corrected chi connectivity index (χ4v) is 3.81. The van der Waals surface area contributed by atoms with Crippen molar-refractivity contribution in [3.8, 4) is 0 Å². The van der Waals surface area contributed by atoms with E-state index in [-0.39, 0.29) is 0 Å². The van der Waals surface area contributed by atoms with Gasteiger partial charge in [-0.2, -0.15) is 11.8 Å². The van der Waals surface area contributed by atoms with Crippen LogP contribution < -0.4 is 10.6 Å². The predicted molar refractivity (Wildman–Crippen MR) is 62.0 cm³/mol. The zero-order chi connectivity index (χ0) is 9.97. The Hall–Kier alpha value is -0.380. The van der Waals surface area contributed by atoms with Gasteiger partial charge in [0.05, 0.1) is 12.1 Å². The number of thioether (sulfide) groups is 1. The third kappa shape index (κ3) is 2.00. The topological polar surface area (TPSA) is 47.9 Å². The van der Waals surface area contributed by atoms with E-state index in [0.29, 0.717) is 18.0 Å². The van der Waals surface area contributed by atoms with Crippen molar-refractivity contribution < 1.29 is 0 Å². The molecule has 2 heterocycles. The van der Waals surface area contributed by atoms with E-state index in [4.69, 9.17) is 5.41 Å². The molecule has 0 aliphatic carbocycles. The van der Waals surface area contributed by atoms with Crippen LogP contribution in [0.5, 0.6) is 0 Å². The highest BCUT2D eigenvalue weighted by Gasteiger charge is 2.41. The molecule has 2 rings (SSSR count). The molecule has 0 aromatic rings. The van der Waals surface area contributed by atoms with E-state index >= 15 is 0 Å². The van der Waals surface area contributed by atoms with Crippen LogP contribution in [0.3, 0.4) is 0 Å². The van der Waals surface area contributed by atoms with Crippen molar-refractivity contribution in [2.45, 2.75) is 49.9 Å². The van der Waals surface area contributed by atoms with Crippen LogP contribution in [0.4, 0.5) is 0 Å². The Morgan fingerprint density at radius 3 is 3.07 bits per heavy atom. The van der Waals surface area contributed by atoms with Gasteiger partial charge in [0.15, 0.2) is 5.96 Å². The predicted octanol–water partition coefficient (Wildman–Crippen LogP) is 1.55. The molecule has 0 aromatic heterocycles. The van der Waals surface area contributed by atoms with E-state index in [1.165, 1.54) is 25.7 Å². The molecule has 0 aromatic carbocycles. The second kappa shape index (κ2) is 4.43. The number of unbranched alkanes of at least 4 members (excludes halogenated alkanes) is 2. The van der Waals surface area contributed by atoms with Crippen LogP contribution in [-0.2, 0) is 0 Å². The molecule has 2 saturated heterocycles. The summed E-state index contributed by atoms with van der Waals surface area (Å²) in [6, 6.07) is 1.03. The maximum Gasteiger partial charge on any atom is 0.189 e. The molecule has 0 saturated carbocycles. The third-order valence-electron chi connectivity index (χ3n) is 3.06. The standard InChI is InChI=1S/C10H19N3S/c1-2-3-4-5-8-9-7(6-14-8)12-10(11)13-9/h7-9H,2-6H2,1H3,(H3,11,12,13)/t7-,8?,9-/m0/s1. The van der Waals surface area contributed by atoms with Gasteiger partial charge in [0.25, 0.3) is 0 Å². The number of hydrogen-bond acceptors (Lipinski definition) is 2. The van der Waals surface area contributed by atoms with E-state index < -0.39 is 0 Å². The summed E-state index contributed by atoms with van der Waals surface area (Å²) in [7, 11) is 0. The minimum atomic E-state index is 0.513. The molecule has 14 heavy (non-hydrogen) atoms.